The van der Waals surface area contributed by atoms with Crippen LogP contribution in [-0.2, 0) is 19.8 Å². The smallest absolute Gasteiger partial charge is 0.337 e. The van der Waals surface area contributed by atoms with Crippen LogP contribution in [0.1, 0.15) is 34.3 Å². The third kappa shape index (κ3) is 4.99. The Morgan fingerprint density at radius 3 is 2.48 bits per heavy atom. The second kappa shape index (κ2) is 9.15. The molecule has 0 aromatic heterocycles. The summed E-state index contributed by atoms with van der Waals surface area (Å²) in [5.74, 6) is -0.992. The van der Waals surface area contributed by atoms with Crippen molar-refractivity contribution >= 4 is 17.6 Å². The van der Waals surface area contributed by atoms with Gasteiger partial charge in [0.1, 0.15) is 5.82 Å². The molecule has 0 spiro atoms. The summed E-state index contributed by atoms with van der Waals surface area (Å²) in [4.78, 5) is 24.3. The van der Waals surface area contributed by atoms with Crippen molar-refractivity contribution in [1.82, 2.24) is 5.32 Å². The van der Waals surface area contributed by atoms with E-state index >= 15 is 0 Å². The molecule has 1 amide bonds. The maximum atomic E-state index is 13.3. The molecule has 0 aliphatic carbocycles. The number of aryl methyl sites for hydroxylation is 1. The molecule has 154 valence electrons. The van der Waals surface area contributed by atoms with Crippen molar-refractivity contribution in [2.24, 2.45) is 0 Å². The summed E-state index contributed by atoms with van der Waals surface area (Å²) in [7, 11) is 1.31. The molecule has 0 atom stereocenters. The molecule has 0 radical (unpaired) electrons. The maximum absolute atomic E-state index is 13.3. The first-order valence-corrected chi connectivity index (χ1v) is 9.51. The number of rotatable bonds is 6. The van der Waals surface area contributed by atoms with E-state index in [4.69, 9.17) is 9.47 Å². The second-order valence-corrected chi connectivity index (χ2v) is 7.12. The van der Waals surface area contributed by atoms with Crippen LogP contribution < -0.4 is 10.6 Å². The van der Waals surface area contributed by atoms with Crippen LogP contribution in [0.15, 0.2) is 42.5 Å². The summed E-state index contributed by atoms with van der Waals surface area (Å²) in [6.45, 7) is 3.04. The molecule has 2 N–H and O–H groups in total. The Bertz CT molecular complexity index is 877. The Morgan fingerprint density at radius 2 is 1.83 bits per heavy atom. The largest absolute Gasteiger partial charge is 0.465 e. The Kier molecular flexibility index (Phi) is 6.61. The number of amides is 1. The molecule has 1 heterocycles. The van der Waals surface area contributed by atoms with Crippen LogP contribution in [0.2, 0.25) is 0 Å². The number of benzene rings is 2. The van der Waals surface area contributed by atoms with Crippen molar-refractivity contribution < 1.29 is 23.5 Å². The molecular weight excluding hydrogens is 375 g/mol. The van der Waals surface area contributed by atoms with E-state index in [0.717, 1.165) is 11.1 Å². The normalized spacial score (nSPS) is 15.6. The van der Waals surface area contributed by atoms with Crippen LogP contribution in [-0.4, -0.2) is 38.7 Å². The topological polar surface area (TPSA) is 76.7 Å². The van der Waals surface area contributed by atoms with Gasteiger partial charge in [-0.2, -0.15) is 0 Å². The van der Waals surface area contributed by atoms with Crippen LogP contribution >= 0.6 is 0 Å². The summed E-state index contributed by atoms with van der Waals surface area (Å²) in [5.41, 5.74) is 2.24. The lowest BCUT2D eigenvalue weighted by Gasteiger charge is -2.38. The van der Waals surface area contributed by atoms with E-state index < -0.39 is 11.5 Å². The number of ether oxygens (including phenoxy) is 2. The van der Waals surface area contributed by atoms with Gasteiger partial charge in [-0.1, -0.05) is 18.2 Å². The minimum absolute atomic E-state index is 0.0687. The molecule has 0 saturated carbocycles. The van der Waals surface area contributed by atoms with Gasteiger partial charge in [-0.15, -0.1) is 0 Å². The molecule has 2 aromatic carbocycles. The van der Waals surface area contributed by atoms with Gasteiger partial charge < -0.3 is 14.8 Å². The predicted octanol–water partition coefficient (Wildman–Crippen LogP) is 3.15. The Morgan fingerprint density at radius 1 is 1.14 bits per heavy atom. The van der Waals surface area contributed by atoms with Crippen molar-refractivity contribution in [1.29, 1.82) is 0 Å². The molecular formula is C22H25FN2O4. The number of carbonyl (C=O) groups excluding carboxylic acids is 2. The number of nitrogens with one attached hydrogen (secondary N) is 2. The zero-order valence-corrected chi connectivity index (χ0v) is 16.6. The zero-order chi connectivity index (χ0) is 20.9. The number of hydrogen-bond acceptors (Lipinski definition) is 5. The van der Waals surface area contributed by atoms with Gasteiger partial charge in [-0.25, -0.2) is 9.18 Å². The third-order valence-electron chi connectivity index (χ3n) is 5.26. The Balaban J connectivity index is 1.71. The van der Waals surface area contributed by atoms with Crippen molar-refractivity contribution in [3.8, 4) is 0 Å². The molecule has 1 fully saturated rings. The number of halogens is 1. The van der Waals surface area contributed by atoms with Gasteiger partial charge in [0.25, 0.3) is 0 Å². The monoisotopic (exact) mass is 400 g/mol. The minimum atomic E-state index is -0.462. The van der Waals surface area contributed by atoms with Gasteiger partial charge in [-0.3, -0.25) is 10.1 Å². The van der Waals surface area contributed by atoms with Gasteiger partial charge in [0.15, 0.2) is 0 Å². The molecule has 7 heteroatoms. The lowest BCUT2D eigenvalue weighted by molar-refractivity contribution is -0.116. The number of esters is 1. The highest BCUT2D eigenvalue weighted by Gasteiger charge is 2.34. The maximum Gasteiger partial charge on any atom is 0.337 e. The van der Waals surface area contributed by atoms with Crippen LogP contribution in [0.4, 0.5) is 10.1 Å². The van der Waals surface area contributed by atoms with Crippen molar-refractivity contribution in [2.75, 3.05) is 32.2 Å². The molecule has 29 heavy (non-hydrogen) atoms. The van der Waals surface area contributed by atoms with Crippen LogP contribution in [0.3, 0.4) is 0 Å². The predicted molar refractivity (Wildman–Crippen MR) is 107 cm³/mol. The molecule has 1 aliphatic rings. The average Bonchev–Trinajstić information content (AvgIpc) is 2.74. The van der Waals surface area contributed by atoms with Crippen LogP contribution in [0.25, 0.3) is 0 Å². The quantitative estimate of drug-likeness (QED) is 0.729. The van der Waals surface area contributed by atoms with Crippen LogP contribution in [0, 0.1) is 12.7 Å². The first-order valence-electron chi connectivity index (χ1n) is 9.51. The van der Waals surface area contributed by atoms with E-state index in [2.05, 4.69) is 10.6 Å². The number of carbonyl (C=O) groups is 2. The third-order valence-corrected chi connectivity index (χ3v) is 5.26. The van der Waals surface area contributed by atoms with Gasteiger partial charge >= 0.3 is 5.97 Å². The van der Waals surface area contributed by atoms with E-state index in [1.54, 1.807) is 30.3 Å². The highest BCUT2D eigenvalue weighted by Crippen LogP contribution is 2.32. The van der Waals surface area contributed by atoms with E-state index in [1.807, 2.05) is 6.92 Å². The summed E-state index contributed by atoms with van der Waals surface area (Å²) in [6.07, 6.45) is 1.37. The molecule has 2 aromatic rings. The summed E-state index contributed by atoms with van der Waals surface area (Å²) in [6, 6.07) is 11.4. The van der Waals surface area contributed by atoms with E-state index in [-0.39, 0.29) is 18.3 Å². The zero-order valence-electron chi connectivity index (χ0n) is 16.6. The Hall–Kier alpha value is -2.77. The number of methoxy groups -OCH3 is 1. The van der Waals surface area contributed by atoms with Crippen LogP contribution in [0.5, 0.6) is 0 Å². The molecule has 3 rings (SSSR count). The average molecular weight is 400 g/mol. The lowest BCUT2D eigenvalue weighted by Crippen LogP contribution is -2.49. The second-order valence-electron chi connectivity index (χ2n) is 7.12. The minimum Gasteiger partial charge on any atom is -0.465 e. The van der Waals surface area contributed by atoms with Crippen molar-refractivity contribution in [3.05, 3.63) is 65.0 Å². The summed E-state index contributed by atoms with van der Waals surface area (Å²) >= 11 is 0. The van der Waals surface area contributed by atoms with E-state index in [0.29, 0.717) is 37.3 Å². The van der Waals surface area contributed by atoms with Gasteiger partial charge in [-0.05, 0) is 55.2 Å². The highest BCUT2D eigenvalue weighted by atomic mass is 19.1. The lowest BCUT2D eigenvalue weighted by atomic mass is 9.82. The van der Waals surface area contributed by atoms with Gasteiger partial charge in [0, 0.05) is 24.4 Å². The number of hydrogen-bond donors (Lipinski definition) is 2. The Labute approximate surface area is 169 Å². The molecule has 0 bridgehead atoms. The first kappa shape index (κ1) is 21.0. The van der Waals surface area contributed by atoms with E-state index in [1.165, 1.54) is 19.2 Å². The van der Waals surface area contributed by atoms with Gasteiger partial charge in [0.05, 0.1) is 19.2 Å². The molecule has 0 unspecified atom stereocenters. The fourth-order valence-electron chi connectivity index (χ4n) is 3.50. The molecule has 1 aliphatic heterocycles. The van der Waals surface area contributed by atoms with Crippen molar-refractivity contribution in [3.63, 3.8) is 0 Å². The molecule has 6 nitrogen and oxygen atoms in total. The fourth-order valence-corrected chi connectivity index (χ4v) is 3.50. The van der Waals surface area contributed by atoms with Crippen molar-refractivity contribution in [2.45, 2.75) is 25.3 Å². The standard InChI is InChI=1S/C22H25FN2O4/c1-15-3-4-16(21(27)28-2)13-19(15)25-20(26)14-24-22(9-11-29-12-10-22)17-5-7-18(23)8-6-17/h3-8,13,24H,9-12,14H2,1-2H3,(H,25,26). The summed E-state index contributed by atoms with van der Waals surface area (Å²) in [5, 5.41) is 6.20. The molecule has 1 saturated heterocycles. The summed E-state index contributed by atoms with van der Waals surface area (Å²) < 4.78 is 23.6. The fraction of sp³-hybridized carbons (Fsp3) is 0.364. The first-order chi connectivity index (χ1) is 13.9. The SMILES string of the molecule is COC(=O)c1ccc(C)c(NC(=O)CNC2(c3ccc(F)cc3)CCOCC2)c1. The van der Waals surface area contributed by atoms with Gasteiger partial charge in [0.2, 0.25) is 5.91 Å². The number of anilines is 1. The highest BCUT2D eigenvalue weighted by molar-refractivity contribution is 5.96. The van der Waals surface area contributed by atoms with E-state index in [9.17, 15) is 14.0 Å².